The molecule has 3 heteroatoms. The summed E-state index contributed by atoms with van der Waals surface area (Å²) in [6, 6.07) is 4.10. The molecule has 1 heterocycles. The van der Waals surface area contributed by atoms with Crippen LogP contribution < -0.4 is 4.74 Å². The fourth-order valence-electron chi connectivity index (χ4n) is 2.45. The lowest BCUT2D eigenvalue weighted by atomic mass is 9.95. The third kappa shape index (κ3) is 3.17. The largest absolute Gasteiger partial charge is 0.493 e. The summed E-state index contributed by atoms with van der Waals surface area (Å²) in [5, 5.41) is 1.89. The maximum absolute atomic E-state index is 6.16. The maximum Gasteiger partial charge on any atom is 0.125 e. The predicted octanol–water partition coefficient (Wildman–Crippen LogP) is 4.63. The van der Waals surface area contributed by atoms with E-state index in [4.69, 9.17) is 16.3 Å². The second-order valence-corrected chi connectivity index (χ2v) is 5.75. The number of halogens is 2. The van der Waals surface area contributed by atoms with Gasteiger partial charge in [-0.25, -0.2) is 0 Å². The minimum absolute atomic E-state index is 0.673. The predicted molar refractivity (Wildman–Crippen MR) is 76.5 cm³/mol. The van der Waals surface area contributed by atoms with Crippen LogP contribution in [-0.4, -0.2) is 11.9 Å². The molecule has 0 radical (unpaired) electrons. The van der Waals surface area contributed by atoms with Gasteiger partial charge in [-0.05, 0) is 42.0 Å². The van der Waals surface area contributed by atoms with Gasteiger partial charge in [0, 0.05) is 16.8 Å². The van der Waals surface area contributed by atoms with Crippen molar-refractivity contribution in [1.82, 2.24) is 0 Å². The summed E-state index contributed by atoms with van der Waals surface area (Å²) in [7, 11) is 0. The first kappa shape index (κ1) is 13.2. The molecule has 0 N–H and O–H groups in total. The molecule has 1 aliphatic heterocycles. The van der Waals surface area contributed by atoms with Crippen LogP contribution in [0.25, 0.3) is 0 Å². The molecular weight excluding hydrogens is 300 g/mol. The van der Waals surface area contributed by atoms with Crippen LogP contribution in [0, 0.1) is 5.92 Å². The van der Waals surface area contributed by atoms with Crippen molar-refractivity contribution in [3.05, 3.63) is 28.3 Å². The van der Waals surface area contributed by atoms with Crippen molar-refractivity contribution in [3.63, 3.8) is 0 Å². The molecule has 0 bridgehead atoms. The van der Waals surface area contributed by atoms with Gasteiger partial charge < -0.3 is 4.74 Å². The summed E-state index contributed by atoms with van der Waals surface area (Å²) in [5.74, 6) is 1.77. The zero-order chi connectivity index (χ0) is 12.3. The van der Waals surface area contributed by atoms with Crippen molar-refractivity contribution < 1.29 is 4.74 Å². The van der Waals surface area contributed by atoms with Crippen LogP contribution in [0.15, 0.2) is 12.1 Å². The first-order valence-electron chi connectivity index (χ1n) is 6.24. The summed E-state index contributed by atoms with van der Waals surface area (Å²) in [6.45, 7) is 3.03. The number of fused-ring (bicyclic) bond motifs is 1. The van der Waals surface area contributed by atoms with Crippen molar-refractivity contribution in [2.75, 3.05) is 11.9 Å². The molecule has 0 aliphatic carbocycles. The van der Waals surface area contributed by atoms with Crippen LogP contribution in [0.1, 0.15) is 30.9 Å². The summed E-state index contributed by atoms with van der Waals surface area (Å²) in [4.78, 5) is 0. The van der Waals surface area contributed by atoms with Crippen LogP contribution >= 0.6 is 27.5 Å². The Morgan fingerprint density at radius 1 is 1.47 bits per heavy atom. The SMILES string of the molecule is CCCC(CBr)Cc1cc(Cl)cc2c1OCC2. The molecular formula is C14H18BrClO. The first-order valence-corrected chi connectivity index (χ1v) is 7.74. The fourth-order valence-corrected chi connectivity index (χ4v) is 3.27. The van der Waals surface area contributed by atoms with Gasteiger partial charge in [-0.2, -0.15) is 0 Å². The van der Waals surface area contributed by atoms with Gasteiger partial charge in [0.15, 0.2) is 0 Å². The van der Waals surface area contributed by atoms with E-state index in [0.29, 0.717) is 5.92 Å². The molecule has 1 aromatic carbocycles. The monoisotopic (exact) mass is 316 g/mol. The van der Waals surface area contributed by atoms with Crippen LogP contribution in [0.4, 0.5) is 0 Å². The van der Waals surface area contributed by atoms with Gasteiger partial charge in [0.2, 0.25) is 0 Å². The lowest BCUT2D eigenvalue weighted by Gasteiger charge is -2.15. The molecule has 1 aliphatic rings. The van der Waals surface area contributed by atoms with E-state index >= 15 is 0 Å². The molecule has 0 saturated heterocycles. The second kappa shape index (κ2) is 6.10. The molecule has 1 nitrogen and oxygen atoms in total. The Balaban J connectivity index is 2.20. The van der Waals surface area contributed by atoms with E-state index in [1.54, 1.807) is 0 Å². The molecule has 1 atom stereocenters. The Morgan fingerprint density at radius 2 is 2.29 bits per heavy atom. The number of rotatable bonds is 5. The highest BCUT2D eigenvalue weighted by atomic mass is 79.9. The average molecular weight is 318 g/mol. The molecule has 0 spiro atoms. The van der Waals surface area contributed by atoms with Crippen molar-refractivity contribution in [2.45, 2.75) is 32.6 Å². The summed E-state index contributed by atoms with van der Waals surface area (Å²) in [5.41, 5.74) is 2.56. The maximum atomic E-state index is 6.16. The minimum Gasteiger partial charge on any atom is -0.493 e. The Labute approximate surface area is 117 Å². The third-order valence-electron chi connectivity index (χ3n) is 3.25. The third-order valence-corrected chi connectivity index (χ3v) is 4.38. The topological polar surface area (TPSA) is 9.23 Å². The molecule has 0 amide bonds. The normalized spacial score (nSPS) is 15.5. The zero-order valence-corrected chi connectivity index (χ0v) is 12.5. The lowest BCUT2D eigenvalue weighted by Crippen LogP contribution is -2.07. The van der Waals surface area contributed by atoms with E-state index in [9.17, 15) is 0 Å². The van der Waals surface area contributed by atoms with Gasteiger partial charge in [-0.15, -0.1) is 0 Å². The van der Waals surface area contributed by atoms with Crippen molar-refractivity contribution in [2.24, 2.45) is 5.92 Å². The van der Waals surface area contributed by atoms with E-state index in [-0.39, 0.29) is 0 Å². The highest BCUT2D eigenvalue weighted by Gasteiger charge is 2.19. The van der Waals surface area contributed by atoms with E-state index in [2.05, 4.69) is 28.9 Å². The van der Waals surface area contributed by atoms with Crippen molar-refractivity contribution >= 4 is 27.5 Å². The molecule has 17 heavy (non-hydrogen) atoms. The molecule has 0 fully saturated rings. The Hall–Kier alpha value is -0.210. The molecule has 0 saturated carbocycles. The van der Waals surface area contributed by atoms with Gasteiger partial charge in [0.1, 0.15) is 5.75 Å². The van der Waals surface area contributed by atoms with Crippen LogP contribution in [0.2, 0.25) is 5.02 Å². The zero-order valence-electron chi connectivity index (χ0n) is 10.1. The number of ether oxygens (including phenoxy) is 1. The highest BCUT2D eigenvalue weighted by molar-refractivity contribution is 9.09. The number of hydrogen-bond acceptors (Lipinski definition) is 1. The molecule has 1 unspecified atom stereocenters. The van der Waals surface area contributed by atoms with E-state index in [1.165, 1.54) is 24.0 Å². The second-order valence-electron chi connectivity index (χ2n) is 4.66. The average Bonchev–Trinajstić information content (AvgIpc) is 2.76. The van der Waals surface area contributed by atoms with Gasteiger partial charge in [-0.1, -0.05) is 40.9 Å². The van der Waals surface area contributed by atoms with Gasteiger partial charge in [0.05, 0.1) is 6.61 Å². The smallest absolute Gasteiger partial charge is 0.125 e. The number of alkyl halides is 1. The summed E-state index contributed by atoms with van der Waals surface area (Å²) < 4.78 is 5.73. The number of hydrogen-bond donors (Lipinski definition) is 0. The molecule has 94 valence electrons. The lowest BCUT2D eigenvalue weighted by molar-refractivity contribution is 0.351. The van der Waals surface area contributed by atoms with Crippen molar-refractivity contribution in [1.29, 1.82) is 0 Å². The van der Waals surface area contributed by atoms with Crippen LogP contribution in [-0.2, 0) is 12.8 Å². The highest BCUT2D eigenvalue weighted by Crippen LogP contribution is 2.34. The van der Waals surface area contributed by atoms with Crippen LogP contribution in [0.5, 0.6) is 5.75 Å². The standard InChI is InChI=1S/C14H18BrClO/c1-2-3-10(9-15)6-12-8-13(16)7-11-4-5-17-14(11)12/h7-8,10H,2-6,9H2,1H3. The molecule has 0 aromatic heterocycles. The van der Waals surface area contributed by atoms with Crippen molar-refractivity contribution in [3.8, 4) is 5.75 Å². The van der Waals surface area contributed by atoms with E-state index in [0.717, 1.165) is 35.6 Å². The van der Waals surface area contributed by atoms with Gasteiger partial charge in [-0.3, -0.25) is 0 Å². The summed E-state index contributed by atoms with van der Waals surface area (Å²) in [6.07, 6.45) is 4.52. The summed E-state index contributed by atoms with van der Waals surface area (Å²) >= 11 is 9.76. The molecule has 1 aromatic rings. The Morgan fingerprint density at radius 3 is 3.00 bits per heavy atom. The number of benzene rings is 1. The van der Waals surface area contributed by atoms with E-state index < -0.39 is 0 Å². The minimum atomic E-state index is 0.673. The van der Waals surface area contributed by atoms with Gasteiger partial charge >= 0.3 is 0 Å². The quantitative estimate of drug-likeness (QED) is 0.720. The van der Waals surface area contributed by atoms with E-state index in [1.807, 2.05) is 6.07 Å². The Bertz CT molecular complexity index is 392. The Kier molecular flexibility index (Phi) is 4.75. The van der Waals surface area contributed by atoms with Crippen LogP contribution in [0.3, 0.4) is 0 Å². The van der Waals surface area contributed by atoms with Gasteiger partial charge in [0.25, 0.3) is 0 Å². The molecule has 2 rings (SSSR count). The first-order chi connectivity index (χ1) is 8.24. The fraction of sp³-hybridized carbons (Fsp3) is 0.571.